The van der Waals surface area contributed by atoms with E-state index in [4.69, 9.17) is 10.5 Å². The number of amides is 2. The first-order valence-electron chi connectivity index (χ1n) is 12.0. The van der Waals surface area contributed by atoms with Crippen LogP contribution in [0.4, 0.5) is 36.6 Å². The van der Waals surface area contributed by atoms with E-state index in [0.717, 1.165) is 16.9 Å². The number of anilines is 1. The van der Waals surface area contributed by atoms with Crippen molar-refractivity contribution in [3.05, 3.63) is 41.7 Å². The summed E-state index contributed by atoms with van der Waals surface area (Å²) in [4.78, 5) is 29.5. The second-order valence-electron chi connectivity index (χ2n) is 9.37. The van der Waals surface area contributed by atoms with Crippen LogP contribution >= 0.6 is 0 Å². The van der Waals surface area contributed by atoms with Crippen LogP contribution in [-0.2, 0) is 11.0 Å². The molecule has 0 spiro atoms. The topological polar surface area (TPSA) is 135 Å². The number of nitrogen functional groups attached to an aromatic ring is 1. The Kier molecular flexibility index (Phi) is 7.53. The Bertz CT molecular complexity index is 1490. The van der Waals surface area contributed by atoms with Crippen LogP contribution in [0, 0.1) is 0 Å². The highest BCUT2D eigenvalue weighted by Gasteiger charge is 2.58. The number of nitrogens with two attached hydrogens (primary N) is 1. The normalized spacial score (nSPS) is 19.3. The van der Waals surface area contributed by atoms with Gasteiger partial charge < -0.3 is 25.8 Å². The van der Waals surface area contributed by atoms with Crippen molar-refractivity contribution in [2.75, 3.05) is 25.4 Å². The molecule has 10 nitrogen and oxygen atoms in total. The Morgan fingerprint density at radius 1 is 1.17 bits per heavy atom. The molecular formula is C24H23F7N6O4. The predicted octanol–water partition coefficient (Wildman–Crippen LogP) is 2.99. The number of ether oxygens (including phenoxy) is 1. The monoisotopic (exact) mass is 592 g/mol. The van der Waals surface area contributed by atoms with Crippen molar-refractivity contribution in [2.45, 2.75) is 44.0 Å². The van der Waals surface area contributed by atoms with E-state index in [1.807, 2.05) is 0 Å². The number of carbonyl (C=O) groups excluding carboxylic acids is 2. The van der Waals surface area contributed by atoms with Gasteiger partial charge in [-0.3, -0.25) is 9.59 Å². The zero-order chi connectivity index (χ0) is 30.5. The van der Waals surface area contributed by atoms with Gasteiger partial charge >= 0.3 is 12.4 Å². The van der Waals surface area contributed by atoms with E-state index in [9.17, 15) is 45.4 Å². The summed E-state index contributed by atoms with van der Waals surface area (Å²) in [7, 11) is 0. The van der Waals surface area contributed by atoms with E-state index in [2.05, 4.69) is 15.4 Å². The van der Waals surface area contributed by atoms with Crippen LogP contribution in [0.3, 0.4) is 0 Å². The standard InChI is InChI=1S/C24H23F7N6O4/c1-3-41-17-5-4-11(16-7-13(23(26,27)28)18-19(32)33-10-34-37(16)18)6-12(17)20(38)35-15-9-36(8-14(15)25)21(39)22(2,40)24(29,30)31/h4-7,10,14-15,40H,3,8-9H2,1-2H3,(H,35,38)(H2,32,33,34)/t14-,15+,22+/m0/s1. The van der Waals surface area contributed by atoms with Crippen molar-refractivity contribution in [3.8, 4) is 17.0 Å². The van der Waals surface area contributed by atoms with Gasteiger partial charge in [0.25, 0.3) is 11.8 Å². The molecule has 17 heteroatoms. The molecule has 2 aromatic heterocycles. The van der Waals surface area contributed by atoms with Crippen LogP contribution in [0.25, 0.3) is 16.8 Å². The lowest BCUT2D eigenvalue weighted by atomic mass is 10.0. The number of likely N-dealkylation sites (tertiary alicyclic amines) is 1. The molecule has 4 rings (SSSR count). The van der Waals surface area contributed by atoms with E-state index in [1.165, 1.54) is 18.2 Å². The summed E-state index contributed by atoms with van der Waals surface area (Å²) in [5.41, 5.74) is -0.0381. The van der Waals surface area contributed by atoms with Gasteiger partial charge in [-0.15, -0.1) is 0 Å². The van der Waals surface area contributed by atoms with E-state index in [0.29, 0.717) is 4.90 Å². The molecule has 3 atom stereocenters. The summed E-state index contributed by atoms with van der Waals surface area (Å²) in [5.74, 6) is -3.24. The Morgan fingerprint density at radius 2 is 1.85 bits per heavy atom. The van der Waals surface area contributed by atoms with E-state index >= 15 is 0 Å². The molecule has 0 unspecified atom stereocenters. The second-order valence-corrected chi connectivity index (χ2v) is 9.37. The van der Waals surface area contributed by atoms with Crippen LogP contribution in [0.1, 0.15) is 29.8 Å². The molecule has 1 aliphatic heterocycles. The number of benzene rings is 1. The number of rotatable bonds is 6. The van der Waals surface area contributed by atoms with Crippen LogP contribution in [0.15, 0.2) is 30.6 Å². The smallest absolute Gasteiger partial charge is 0.426 e. The van der Waals surface area contributed by atoms with Crippen LogP contribution in [-0.4, -0.2) is 80.1 Å². The van der Waals surface area contributed by atoms with Gasteiger partial charge in [0.1, 0.15) is 23.8 Å². The van der Waals surface area contributed by atoms with Gasteiger partial charge in [-0.25, -0.2) is 13.9 Å². The molecule has 222 valence electrons. The summed E-state index contributed by atoms with van der Waals surface area (Å²) in [6.07, 6.45) is -11.2. The van der Waals surface area contributed by atoms with E-state index in [-0.39, 0.29) is 36.1 Å². The third-order valence-electron chi connectivity index (χ3n) is 6.53. The highest BCUT2D eigenvalue weighted by molar-refractivity contribution is 5.98. The van der Waals surface area contributed by atoms with Crippen molar-refractivity contribution in [1.29, 1.82) is 0 Å². The lowest BCUT2D eigenvalue weighted by Crippen LogP contribution is -2.56. The fraction of sp³-hybridized carbons (Fsp3) is 0.417. The Labute approximate surface area is 226 Å². The average molecular weight is 592 g/mol. The third-order valence-corrected chi connectivity index (χ3v) is 6.53. The van der Waals surface area contributed by atoms with Crippen LogP contribution < -0.4 is 15.8 Å². The fourth-order valence-electron chi connectivity index (χ4n) is 4.38. The Hall–Kier alpha value is -4.15. The molecule has 0 radical (unpaired) electrons. The summed E-state index contributed by atoms with van der Waals surface area (Å²) in [6.45, 7) is 0.389. The molecule has 0 saturated carbocycles. The SMILES string of the molecule is CCOc1ccc(-c2cc(C(F)(F)F)c3c(N)ncnn23)cc1C(=O)N[C@@H]1CN(C(=O)[C@@](C)(O)C(F)(F)F)C[C@@H]1F. The summed E-state index contributed by atoms with van der Waals surface area (Å²) >= 11 is 0. The molecule has 1 saturated heterocycles. The van der Waals surface area contributed by atoms with Gasteiger partial charge in [0, 0.05) is 12.1 Å². The quantitative estimate of drug-likeness (QED) is 0.375. The van der Waals surface area contributed by atoms with Gasteiger partial charge in [0.15, 0.2) is 5.82 Å². The Morgan fingerprint density at radius 3 is 2.46 bits per heavy atom. The van der Waals surface area contributed by atoms with Crippen LogP contribution in [0.2, 0.25) is 0 Å². The zero-order valence-corrected chi connectivity index (χ0v) is 21.3. The van der Waals surface area contributed by atoms with Gasteiger partial charge in [-0.2, -0.15) is 31.4 Å². The molecule has 3 heterocycles. The minimum absolute atomic E-state index is 0.0267. The number of aliphatic hydroxyl groups is 1. The van der Waals surface area contributed by atoms with Crippen molar-refractivity contribution >= 4 is 23.1 Å². The van der Waals surface area contributed by atoms with Gasteiger partial charge in [0.05, 0.1) is 36.0 Å². The first-order valence-corrected chi connectivity index (χ1v) is 12.0. The molecular weight excluding hydrogens is 569 g/mol. The average Bonchev–Trinajstić information content (AvgIpc) is 3.45. The van der Waals surface area contributed by atoms with Crippen molar-refractivity contribution in [3.63, 3.8) is 0 Å². The first kappa shape index (κ1) is 29.8. The van der Waals surface area contributed by atoms with Gasteiger partial charge in [-0.1, -0.05) is 0 Å². The summed E-state index contributed by atoms with van der Waals surface area (Å²) in [5, 5.41) is 15.8. The molecule has 1 aliphatic rings. The molecule has 0 aliphatic carbocycles. The minimum Gasteiger partial charge on any atom is -0.493 e. The maximum absolute atomic E-state index is 14.7. The maximum atomic E-state index is 14.7. The molecule has 1 aromatic carbocycles. The number of alkyl halides is 7. The third kappa shape index (κ3) is 5.45. The van der Waals surface area contributed by atoms with Crippen LogP contribution in [0.5, 0.6) is 5.75 Å². The predicted molar refractivity (Wildman–Crippen MR) is 128 cm³/mol. The molecule has 1 fully saturated rings. The van der Waals surface area contributed by atoms with Crippen molar-refractivity contribution in [1.82, 2.24) is 24.8 Å². The van der Waals surface area contributed by atoms with Crippen molar-refractivity contribution in [2.24, 2.45) is 0 Å². The zero-order valence-electron chi connectivity index (χ0n) is 21.3. The van der Waals surface area contributed by atoms with Gasteiger partial charge in [0.2, 0.25) is 5.60 Å². The highest BCUT2D eigenvalue weighted by atomic mass is 19.4. The summed E-state index contributed by atoms with van der Waals surface area (Å²) in [6, 6.07) is 3.12. The van der Waals surface area contributed by atoms with E-state index < -0.39 is 72.0 Å². The number of fused-ring (bicyclic) bond motifs is 1. The number of aromatic nitrogens is 3. The molecule has 0 bridgehead atoms. The minimum atomic E-state index is -5.32. The number of carbonyl (C=O) groups is 2. The molecule has 41 heavy (non-hydrogen) atoms. The number of halogens is 7. The molecule has 3 aromatic rings. The number of nitrogens with zero attached hydrogens (tertiary/aromatic N) is 4. The number of hydrogen-bond acceptors (Lipinski definition) is 7. The van der Waals surface area contributed by atoms with Crippen molar-refractivity contribution < 1.29 is 50.2 Å². The molecule has 4 N–H and O–H groups in total. The first-order chi connectivity index (χ1) is 19.0. The van der Waals surface area contributed by atoms with Gasteiger partial charge in [-0.05, 0) is 38.1 Å². The second kappa shape index (κ2) is 10.4. The van der Waals surface area contributed by atoms with E-state index in [1.54, 1.807) is 6.92 Å². The summed E-state index contributed by atoms with van der Waals surface area (Å²) < 4.78 is 102. The maximum Gasteiger partial charge on any atom is 0.426 e. The number of hydrogen-bond donors (Lipinski definition) is 3. The number of nitrogens with one attached hydrogen (secondary N) is 1. The lowest BCUT2D eigenvalue weighted by Gasteiger charge is -2.29. The molecule has 2 amide bonds. The highest BCUT2D eigenvalue weighted by Crippen LogP contribution is 2.39. The Balaban J connectivity index is 1.67. The lowest BCUT2D eigenvalue weighted by molar-refractivity contribution is -0.249. The largest absolute Gasteiger partial charge is 0.493 e. The fourth-order valence-corrected chi connectivity index (χ4v) is 4.38.